The van der Waals surface area contributed by atoms with Gasteiger partial charge in [0.2, 0.25) is 23.6 Å². The predicted octanol–water partition coefficient (Wildman–Crippen LogP) is 5.67. The number of ether oxygens (including phenoxy) is 4. The van der Waals surface area contributed by atoms with Gasteiger partial charge in [-0.25, -0.2) is 19.2 Å². The summed E-state index contributed by atoms with van der Waals surface area (Å²) in [7, 11) is 1.20. The van der Waals surface area contributed by atoms with Crippen molar-refractivity contribution in [2.24, 2.45) is 0 Å². The van der Waals surface area contributed by atoms with E-state index in [-0.39, 0.29) is 58.2 Å². The molecule has 70 heavy (non-hydrogen) atoms. The minimum Gasteiger partial charge on any atom is -0.467 e. The highest BCUT2D eigenvalue weighted by Crippen LogP contribution is 2.26. The lowest BCUT2D eigenvalue weighted by Crippen LogP contribution is -2.63. The van der Waals surface area contributed by atoms with Crippen molar-refractivity contribution < 1.29 is 57.3 Å². The van der Waals surface area contributed by atoms with E-state index in [9.17, 15) is 38.4 Å². The second-order valence-electron chi connectivity index (χ2n) is 20.2. The van der Waals surface area contributed by atoms with Crippen molar-refractivity contribution in [2.75, 3.05) is 26.7 Å². The van der Waals surface area contributed by atoms with Crippen molar-refractivity contribution in [3.63, 3.8) is 0 Å². The fraction of sp³-hybridized carbons (Fsp3) is 0.569. The van der Waals surface area contributed by atoms with Crippen LogP contribution in [0.3, 0.4) is 0 Å². The number of hydrogen-bond donors (Lipinski definition) is 6. The van der Waals surface area contributed by atoms with Crippen LogP contribution in [0, 0.1) is 0 Å². The highest BCUT2D eigenvalue weighted by atomic mass is 16.6. The van der Waals surface area contributed by atoms with E-state index < -0.39 is 94.4 Å². The predicted molar refractivity (Wildman–Crippen MR) is 262 cm³/mol. The van der Waals surface area contributed by atoms with Crippen molar-refractivity contribution in [1.82, 2.24) is 36.8 Å². The normalized spacial score (nSPS) is 15.3. The Kier molecular flexibility index (Phi) is 21.7. The molecule has 6 N–H and O–H groups in total. The van der Waals surface area contributed by atoms with Crippen LogP contribution in [0.15, 0.2) is 73.3 Å². The van der Waals surface area contributed by atoms with Gasteiger partial charge < -0.3 is 55.7 Å². The summed E-state index contributed by atoms with van der Waals surface area (Å²) < 4.78 is 21.3. The number of amides is 7. The molecule has 0 aromatic heterocycles. The Bertz CT molecular complexity index is 2090. The molecule has 1 aliphatic heterocycles. The van der Waals surface area contributed by atoms with Gasteiger partial charge in [-0.1, -0.05) is 66.7 Å². The molecular formula is C51H75N7O12. The van der Waals surface area contributed by atoms with E-state index in [0.29, 0.717) is 24.0 Å². The van der Waals surface area contributed by atoms with E-state index in [1.165, 1.54) is 18.1 Å². The van der Waals surface area contributed by atoms with Crippen molar-refractivity contribution >= 4 is 47.9 Å². The van der Waals surface area contributed by atoms with E-state index in [0.717, 1.165) is 0 Å². The van der Waals surface area contributed by atoms with E-state index in [4.69, 9.17) is 18.9 Å². The number of carbonyl (C=O) groups excluding carboxylic acids is 8. The maximum absolute atomic E-state index is 14.4. The Morgan fingerprint density at radius 3 is 1.76 bits per heavy atom. The maximum atomic E-state index is 14.4. The fourth-order valence-corrected chi connectivity index (χ4v) is 7.47. The second kappa shape index (κ2) is 26.4. The van der Waals surface area contributed by atoms with E-state index in [2.05, 4.69) is 38.5 Å². The number of piperidine rings is 1. The highest BCUT2D eigenvalue weighted by Gasteiger charge is 2.46. The molecule has 0 aliphatic carbocycles. The number of methoxy groups -OCH3 is 1. The SMILES string of the molecule is C=CC[C@@H](NC(=O)[C@@H](Cc1ccccc1)NC(=O)CC(NC(=O)OC(C)(C)C)c1ccccc1)C(=O)N[C@H](CCCCNC(=O)OC(C)(C)C)C(=O)N1CCC(NC(=O)OC(C)(C)C)(C(=O)OC)CC1. The Hall–Kier alpha value is -6.66. The number of unbranched alkanes of at least 4 members (excludes halogenated alkanes) is 1. The van der Waals surface area contributed by atoms with Crippen LogP contribution >= 0.6 is 0 Å². The van der Waals surface area contributed by atoms with Gasteiger partial charge in [-0.05, 0) is 112 Å². The van der Waals surface area contributed by atoms with Gasteiger partial charge in [0.15, 0.2) is 0 Å². The van der Waals surface area contributed by atoms with Crippen LogP contribution in [0.1, 0.15) is 124 Å². The third kappa shape index (κ3) is 20.5. The van der Waals surface area contributed by atoms with Gasteiger partial charge in [0.05, 0.1) is 19.6 Å². The molecule has 7 amide bonds. The minimum atomic E-state index is -1.48. The lowest BCUT2D eigenvalue weighted by molar-refractivity contribution is -0.153. The zero-order valence-electron chi connectivity index (χ0n) is 42.5. The van der Waals surface area contributed by atoms with Gasteiger partial charge in [0.1, 0.15) is 40.5 Å². The molecule has 19 nitrogen and oxygen atoms in total. The molecule has 0 bridgehead atoms. The monoisotopic (exact) mass is 978 g/mol. The van der Waals surface area contributed by atoms with Crippen molar-refractivity contribution in [3.05, 3.63) is 84.4 Å². The highest BCUT2D eigenvalue weighted by molar-refractivity contribution is 5.95. The molecule has 386 valence electrons. The molecule has 0 saturated carbocycles. The zero-order chi connectivity index (χ0) is 52.3. The van der Waals surface area contributed by atoms with Gasteiger partial charge >= 0.3 is 24.2 Å². The molecule has 0 spiro atoms. The molecule has 2 aromatic carbocycles. The lowest BCUT2D eigenvalue weighted by Gasteiger charge is -2.41. The first-order chi connectivity index (χ1) is 32.7. The molecule has 1 heterocycles. The Morgan fingerprint density at radius 1 is 0.671 bits per heavy atom. The molecule has 3 rings (SSSR count). The van der Waals surface area contributed by atoms with Gasteiger partial charge in [-0.2, -0.15) is 0 Å². The maximum Gasteiger partial charge on any atom is 0.408 e. The number of nitrogens with one attached hydrogen (secondary N) is 6. The standard InChI is InChI=1S/C51H75N7O12/c1-12-21-36(54-42(61)39(32-34-22-15-13-16-23-34)53-40(59)33-38(35-24-17-14-18-25-35)56-46(65)69-49(5,6)7)41(60)55-37(26-19-20-29-52-45(64)68-48(2,3)4)43(62)58-30-27-51(28-31-58,44(63)67-11)57-47(66)70-50(8,9)10/h12-18,22-25,36-39H,1,19-21,26-33H2,2-11H3,(H,52,64)(H,53,59)(H,54,61)(H,55,60)(H,56,65)(H,57,66)/t36-,37-,38?,39-/m1/s1. The number of alkyl carbamates (subject to hydrolysis) is 3. The van der Waals surface area contributed by atoms with Crippen molar-refractivity contribution in [3.8, 4) is 0 Å². The van der Waals surface area contributed by atoms with Crippen LogP contribution in [0.2, 0.25) is 0 Å². The number of hydrogen-bond acceptors (Lipinski definition) is 12. The molecule has 2 aromatic rings. The van der Waals surface area contributed by atoms with Gasteiger partial charge in [-0.3, -0.25) is 19.2 Å². The van der Waals surface area contributed by atoms with Gasteiger partial charge in [-0.15, -0.1) is 6.58 Å². The first kappa shape index (κ1) is 57.7. The Morgan fingerprint density at radius 2 is 1.20 bits per heavy atom. The Balaban J connectivity index is 1.86. The van der Waals surface area contributed by atoms with Crippen molar-refractivity contribution in [1.29, 1.82) is 0 Å². The van der Waals surface area contributed by atoms with Crippen LogP contribution in [-0.2, 0) is 49.3 Å². The van der Waals surface area contributed by atoms with E-state index in [1.54, 1.807) is 117 Å². The molecular weight excluding hydrogens is 903 g/mol. The van der Waals surface area contributed by atoms with Crippen LogP contribution < -0.4 is 31.9 Å². The number of likely N-dealkylation sites (tertiary alicyclic amines) is 1. The molecule has 0 radical (unpaired) electrons. The second-order valence-corrected chi connectivity index (χ2v) is 20.2. The minimum absolute atomic E-state index is 0.00239. The largest absolute Gasteiger partial charge is 0.467 e. The van der Waals surface area contributed by atoms with Crippen LogP contribution in [0.25, 0.3) is 0 Å². The number of rotatable bonds is 21. The smallest absolute Gasteiger partial charge is 0.408 e. The lowest BCUT2D eigenvalue weighted by atomic mass is 9.87. The van der Waals surface area contributed by atoms with Gasteiger partial charge in [0.25, 0.3) is 0 Å². The molecule has 1 saturated heterocycles. The molecule has 1 aliphatic rings. The first-order valence-electron chi connectivity index (χ1n) is 23.7. The average Bonchev–Trinajstić information content (AvgIpc) is 3.26. The van der Waals surface area contributed by atoms with E-state index >= 15 is 0 Å². The summed E-state index contributed by atoms with van der Waals surface area (Å²) in [6.45, 7) is 19.5. The third-order valence-corrected chi connectivity index (χ3v) is 10.7. The topological polar surface area (TPSA) is 249 Å². The van der Waals surface area contributed by atoms with Crippen molar-refractivity contribution in [2.45, 2.75) is 160 Å². The summed E-state index contributed by atoms with van der Waals surface area (Å²) in [4.78, 5) is 109. The molecule has 1 unspecified atom stereocenters. The molecule has 19 heteroatoms. The Labute approximate surface area is 412 Å². The summed E-state index contributed by atoms with van der Waals surface area (Å²) in [5, 5.41) is 16.5. The average molecular weight is 978 g/mol. The number of carbonyl (C=O) groups is 8. The molecule has 1 fully saturated rings. The number of benzene rings is 2. The zero-order valence-corrected chi connectivity index (χ0v) is 42.5. The summed E-state index contributed by atoms with van der Waals surface area (Å²) in [5.74, 6) is -3.15. The summed E-state index contributed by atoms with van der Waals surface area (Å²) >= 11 is 0. The fourth-order valence-electron chi connectivity index (χ4n) is 7.47. The summed E-state index contributed by atoms with van der Waals surface area (Å²) in [6, 6.07) is 13.4. The number of nitrogens with zero attached hydrogens (tertiary/aromatic N) is 1. The quantitative estimate of drug-likeness (QED) is 0.0384. The van der Waals surface area contributed by atoms with Crippen LogP contribution in [-0.4, -0.2) is 120 Å². The molecule has 4 atom stereocenters. The summed E-state index contributed by atoms with van der Waals surface area (Å²) in [6.07, 6.45) is -0.123. The third-order valence-electron chi connectivity index (χ3n) is 10.7. The van der Waals surface area contributed by atoms with Crippen LogP contribution in [0.4, 0.5) is 14.4 Å². The number of esters is 1. The van der Waals surface area contributed by atoms with Crippen LogP contribution in [0.5, 0.6) is 0 Å². The summed E-state index contributed by atoms with van der Waals surface area (Å²) in [5.41, 5.74) is -2.50. The first-order valence-corrected chi connectivity index (χ1v) is 23.7. The van der Waals surface area contributed by atoms with E-state index in [1.807, 2.05) is 6.07 Å². The van der Waals surface area contributed by atoms with Gasteiger partial charge in [0, 0.05) is 26.1 Å².